The number of carboxylic acid groups (broad SMARTS) is 1. The van der Waals surface area contributed by atoms with Crippen LogP contribution in [0.25, 0.3) is 0 Å². The molecule has 4 rings (SSSR count). The van der Waals surface area contributed by atoms with E-state index in [1.54, 1.807) is 6.08 Å². The van der Waals surface area contributed by atoms with Crippen LogP contribution in [-0.2, 0) is 9.59 Å². The molecule has 0 aromatic carbocycles. The van der Waals surface area contributed by atoms with Gasteiger partial charge in [0.2, 0.25) is 0 Å². The summed E-state index contributed by atoms with van der Waals surface area (Å²) in [5.74, 6) is -0.362. The Hall–Kier alpha value is -1.20. The third-order valence-corrected chi connectivity index (χ3v) is 8.57. The minimum Gasteiger partial charge on any atom is -0.479 e. The van der Waals surface area contributed by atoms with Gasteiger partial charge in [-0.05, 0) is 62.4 Å². The van der Waals surface area contributed by atoms with Crippen LogP contribution in [0.4, 0.5) is 0 Å². The van der Waals surface area contributed by atoms with E-state index < -0.39 is 23.1 Å². The Morgan fingerprint density at radius 3 is 2.52 bits per heavy atom. The van der Waals surface area contributed by atoms with Crippen molar-refractivity contribution < 1.29 is 24.9 Å². The van der Waals surface area contributed by atoms with E-state index in [9.17, 15) is 24.9 Å². The van der Waals surface area contributed by atoms with E-state index in [1.807, 2.05) is 6.92 Å². The highest BCUT2D eigenvalue weighted by Crippen LogP contribution is 2.67. The van der Waals surface area contributed by atoms with Gasteiger partial charge in [0, 0.05) is 17.3 Å². The lowest BCUT2D eigenvalue weighted by Crippen LogP contribution is -2.59. The van der Waals surface area contributed by atoms with Gasteiger partial charge in [0.05, 0.1) is 6.10 Å². The number of rotatable bonds is 1. The zero-order chi connectivity index (χ0) is 18.2. The van der Waals surface area contributed by atoms with Crippen molar-refractivity contribution in [3.05, 3.63) is 11.6 Å². The van der Waals surface area contributed by atoms with Gasteiger partial charge >= 0.3 is 5.97 Å². The van der Waals surface area contributed by atoms with Gasteiger partial charge < -0.3 is 15.3 Å². The summed E-state index contributed by atoms with van der Waals surface area (Å²) in [4.78, 5) is 23.7. The second kappa shape index (κ2) is 5.17. The molecule has 0 aromatic heterocycles. The van der Waals surface area contributed by atoms with Crippen LogP contribution in [0.1, 0.15) is 58.8 Å². The number of hydrogen-bond acceptors (Lipinski definition) is 4. The largest absolute Gasteiger partial charge is 0.479 e. The molecule has 0 saturated heterocycles. The van der Waals surface area contributed by atoms with E-state index in [0.717, 1.165) is 31.3 Å². The third kappa shape index (κ3) is 1.97. The molecule has 3 saturated carbocycles. The maximum absolute atomic E-state index is 11.9. The number of fused-ring (bicyclic) bond motifs is 5. The monoisotopic (exact) mass is 348 g/mol. The number of ketones is 1. The summed E-state index contributed by atoms with van der Waals surface area (Å²) in [5.41, 5.74) is -1.55. The third-order valence-electron chi connectivity index (χ3n) is 8.57. The molecule has 3 fully saturated rings. The molecule has 4 aliphatic rings. The first-order valence-electron chi connectivity index (χ1n) is 9.52. The van der Waals surface area contributed by atoms with Crippen molar-refractivity contribution in [3.8, 4) is 0 Å². The molecule has 5 heteroatoms. The molecular formula is C20H28O5. The zero-order valence-electron chi connectivity index (χ0n) is 15.0. The normalized spacial score (nSPS) is 52.0. The van der Waals surface area contributed by atoms with E-state index in [-0.39, 0.29) is 29.5 Å². The topological polar surface area (TPSA) is 94.8 Å². The van der Waals surface area contributed by atoms with Crippen molar-refractivity contribution in [1.82, 2.24) is 0 Å². The van der Waals surface area contributed by atoms with Gasteiger partial charge in [-0.2, -0.15) is 0 Å². The van der Waals surface area contributed by atoms with Crippen molar-refractivity contribution in [2.75, 3.05) is 0 Å². The molecule has 5 nitrogen and oxygen atoms in total. The second-order valence-corrected chi connectivity index (χ2v) is 9.21. The van der Waals surface area contributed by atoms with Gasteiger partial charge in [0.25, 0.3) is 0 Å². The van der Waals surface area contributed by atoms with E-state index in [4.69, 9.17) is 0 Å². The fraction of sp³-hybridized carbons (Fsp3) is 0.800. The number of carbonyl (C=O) groups is 2. The van der Waals surface area contributed by atoms with Crippen LogP contribution < -0.4 is 0 Å². The Kier molecular flexibility index (Phi) is 3.56. The lowest BCUT2D eigenvalue weighted by atomic mass is 9.46. The molecule has 0 spiro atoms. The highest BCUT2D eigenvalue weighted by atomic mass is 16.4. The Bertz CT molecular complexity index is 669. The number of carboxylic acids is 1. The number of hydrogen-bond donors (Lipinski definition) is 3. The first kappa shape index (κ1) is 17.2. The van der Waals surface area contributed by atoms with Crippen molar-refractivity contribution in [2.24, 2.45) is 28.6 Å². The van der Waals surface area contributed by atoms with Crippen molar-refractivity contribution >= 4 is 11.8 Å². The summed E-state index contributed by atoms with van der Waals surface area (Å²) in [6.45, 7) is 4.04. The number of aliphatic carboxylic acids is 1. The highest BCUT2D eigenvalue weighted by Gasteiger charge is 2.67. The molecule has 25 heavy (non-hydrogen) atoms. The molecule has 0 aromatic rings. The van der Waals surface area contributed by atoms with Crippen LogP contribution in [0.5, 0.6) is 0 Å². The Labute approximate surface area is 148 Å². The second-order valence-electron chi connectivity index (χ2n) is 9.21. The molecule has 0 amide bonds. The molecule has 3 N–H and O–H groups in total. The van der Waals surface area contributed by atoms with Gasteiger partial charge in [-0.15, -0.1) is 0 Å². The van der Waals surface area contributed by atoms with Crippen LogP contribution in [0.2, 0.25) is 0 Å². The molecule has 0 bridgehead atoms. The first-order chi connectivity index (χ1) is 11.6. The number of aliphatic hydroxyl groups is 2. The summed E-state index contributed by atoms with van der Waals surface area (Å²) in [5, 5.41) is 31.3. The van der Waals surface area contributed by atoms with Crippen LogP contribution in [0.3, 0.4) is 0 Å². The van der Waals surface area contributed by atoms with Gasteiger partial charge in [-0.3, -0.25) is 4.79 Å². The van der Waals surface area contributed by atoms with Gasteiger partial charge in [0.1, 0.15) is 0 Å². The summed E-state index contributed by atoms with van der Waals surface area (Å²) in [6, 6.07) is 0. The molecule has 7 atom stereocenters. The zero-order valence-corrected chi connectivity index (χ0v) is 15.0. The lowest BCUT2D eigenvalue weighted by molar-refractivity contribution is -0.183. The summed E-state index contributed by atoms with van der Waals surface area (Å²) in [6.07, 6.45) is 5.48. The average Bonchev–Trinajstić information content (AvgIpc) is 2.82. The molecule has 0 heterocycles. The van der Waals surface area contributed by atoms with Gasteiger partial charge in [-0.1, -0.05) is 19.4 Å². The molecule has 0 aliphatic heterocycles. The average molecular weight is 348 g/mol. The van der Waals surface area contributed by atoms with Crippen molar-refractivity contribution in [1.29, 1.82) is 0 Å². The standard InChI is InChI=1S/C20H28O5/c1-18-7-5-15-13(14(18)6-8-20(18,25)17(23)24)4-3-11-9-12(21)10-16(22)19(11,15)2/h9,13-16,22,25H,3-8,10H2,1-2H3,(H,23,24). The summed E-state index contributed by atoms with van der Waals surface area (Å²) >= 11 is 0. The predicted octanol–water partition coefficient (Wildman–Crippen LogP) is 2.30. The highest BCUT2D eigenvalue weighted by molar-refractivity contribution is 5.92. The maximum Gasteiger partial charge on any atom is 0.336 e. The van der Waals surface area contributed by atoms with E-state index in [0.29, 0.717) is 18.8 Å². The van der Waals surface area contributed by atoms with Crippen molar-refractivity contribution in [2.45, 2.75) is 70.5 Å². The summed E-state index contributed by atoms with van der Waals surface area (Å²) in [7, 11) is 0. The van der Waals surface area contributed by atoms with E-state index in [2.05, 4.69) is 6.92 Å². The van der Waals surface area contributed by atoms with Gasteiger partial charge in [-0.25, -0.2) is 4.79 Å². The van der Waals surface area contributed by atoms with Crippen LogP contribution in [0.15, 0.2) is 11.6 Å². The van der Waals surface area contributed by atoms with Crippen LogP contribution in [-0.4, -0.2) is 38.8 Å². The van der Waals surface area contributed by atoms with Crippen LogP contribution in [0, 0.1) is 28.6 Å². The Morgan fingerprint density at radius 2 is 1.84 bits per heavy atom. The lowest BCUT2D eigenvalue weighted by Gasteiger charge is -2.59. The van der Waals surface area contributed by atoms with E-state index >= 15 is 0 Å². The molecule has 0 radical (unpaired) electrons. The smallest absolute Gasteiger partial charge is 0.336 e. The van der Waals surface area contributed by atoms with Crippen molar-refractivity contribution in [3.63, 3.8) is 0 Å². The van der Waals surface area contributed by atoms with E-state index in [1.165, 1.54) is 0 Å². The molecule has 138 valence electrons. The minimum absolute atomic E-state index is 0.0141. The quantitative estimate of drug-likeness (QED) is 0.676. The molecule has 4 aliphatic carbocycles. The summed E-state index contributed by atoms with van der Waals surface area (Å²) < 4.78 is 0. The number of aliphatic hydroxyl groups excluding tert-OH is 1. The molecule has 7 unspecified atom stereocenters. The van der Waals surface area contributed by atoms with Gasteiger partial charge in [0.15, 0.2) is 11.4 Å². The Balaban J connectivity index is 1.72. The SMILES string of the molecule is CC12C(=CC(=O)CC1O)CCC1C2CCC2(C)C1CCC2(O)C(=O)O. The molecular weight excluding hydrogens is 320 g/mol. The minimum atomic E-state index is -1.64. The first-order valence-corrected chi connectivity index (χ1v) is 9.52. The predicted molar refractivity (Wildman–Crippen MR) is 90.7 cm³/mol. The number of carbonyl (C=O) groups excluding carboxylic acids is 1. The fourth-order valence-corrected chi connectivity index (χ4v) is 6.98. The Morgan fingerprint density at radius 1 is 1.16 bits per heavy atom. The fourth-order valence-electron chi connectivity index (χ4n) is 6.98. The van der Waals surface area contributed by atoms with Crippen LogP contribution >= 0.6 is 0 Å². The maximum atomic E-state index is 11.9.